The van der Waals surface area contributed by atoms with Crippen molar-refractivity contribution >= 4 is 51.9 Å². The molecule has 32 heavy (non-hydrogen) atoms. The lowest BCUT2D eigenvalue weighted by atomic mass is 9.84. The number of aromatic nitrogens is 2. The Balaban J connectivity index is 1.42. The molecule has 1 aromatic carbocycles. The predicted octanol–water partition coefficient (Wildman–Crippen LogP) is 4.72. The van der Waals surface area contributed by atoms with Crippen molar-refractivity contribution < 1.29 is 9.21 Å². The molecule has 168 valence electrons. The standard InChI is InChI=1S/C23H25Cl2N5O2/c1-12-3-5-29(19-10-27-9-18-21(19)32-23(26)28-18)11-16(12)22(31)30-6-4-14-7-15(24)8-17(25)20(14)13(30)2/h7-10,12-13,16H,3-6,11H2,1-2H3,(H2,26,28)/t12-,13+,16+/m1/s1. The van der Waals surface area contributed by atoms with Gasteiger partial charge in [0.25, 0.3) is 6.01 Å². The Bertz CT molecular complexity index is 1200. The van der Waals surface area contributed by atoms with Gasteiger partial charge in [0.05, 0.1) is 24.4 Å². The Hall–Kier alpha value is -2.51. The molecule has 5 rings (SSSR count). The molecule has 1 saturated heterocycles. The van der Waals surface area contributed by atoms with Crippen molar-refractivity contribution in [1.29, 1.82) is 0 Å². The molecule has 3 aromatic rings. The number of rotatable bonds is 2. The number of amides is 1. The van der Waals surface area contributed by atoms with Gasteiger partial charge in [-0.3, -0.25) is 9.78 Å². The van der Waals surface area contributed by atoms with E-state index in [0.29, 0.717) is 34.2 Å². The van der Waals surface area contributed by atoms with Gasteiger partial charge in [-0.25, -0.2) is 0 Å². The molecule has 2 aromatic heterocycles. The van der Waals surface area contributed by atoms with Crippen molar-refractivity contribution in [3.05, 3.63) is 45.7 Å². The number of benzene rings is 1. The summed E-state index contributed by atoms with van der Waals surface area (Å²) in [6.45, 7) is 6.26. The summed E-state index contributed by atoms with van der Waals surface area (Å²) in [4.78, 5) is 26.4. The quantitative estimate of drug-likeness (QED) is 0.578. The number of nitrogens with zero attached hydrogens (tertiary/aromatic N) is 4. The molecule has 0 radical (unpaired) electrons. The highest BCUT2D eigenvalue weighted by Crippen LogP contribution is 2.39. The molecule has 2 aliphatic heterocycles. The first-order valence-electron chi connectivity index (χ1n) is 10.9. The Morgan fingerprint density at radius 2 is 2.03 bits per heavy atom. The van der Waals surface area contributed by atoms with Gasteiger partial charge < -0.3 is 20.0 Å². The molecule has 7 nitrogen and oxygen atoms in total. The van der Waals surface area contributed by atoms with E-state index in [1.165, 1.54) is 0 Å². The van der Waals surface area contributed by atoms with Crippen molar-refractivity contribution in [1.82, 2.24) is 14.9 Å². The number of halogens is 2. The summed E-state index contributed by atoms with van der Waals surface area (Å²) in [6.07, 6.45) is 5.03. The van der Waals surface area contributed by atoms with E-state index in [1.54, 1.807) is 18.5 Å². The zero-order valence-electron chi connectivity index (χ0n) is 18.0. The number of piperidine rings is 1. The minimum Gasteiger partial charge on any atom is -0.421 e. The van der Waals surface area contributed by atoms with Gasteiger partial charge in [-0.1, -0.05) is 30.1 Å². The Labute approximate surface area is 196 Å². The van der Waals surface area contributed by atoms with Crippen LogP contribution in [0.4, 0.5) is 11.7 Å². The van der Waals surface area contributed by atoms with E-state index in [-0.39, 0.29) is 29.8 Å². The van der Waals surface area contributed by atoms with Crippen molar-refractivity contribution in [2.75, 3.05) is 30.3 Å². The summed E-state index contributed by atoms with van der Waals surface area (Å²) in [5, 5.41) is 1.25. The maximum atomic E-state index is 13.8. The van der Waals surface area contributed by atoms with Crippen LogP contribution in [0.2, 0.25) is 10.0 Å². The van der Waals surface area contributed by atoms with Gasteiger partial charge in [0, 0.05) is 29.7 Å². The lowest BCUT2D eigenvalue weighted by Gasteiger charge is -2.43. The first kappa shape index (κ1) is 21.3. The second-order valence-corrected chi connectivity index (χ2v) is 9.64. The van der Waals surface area contributed by atoms with E-state index in [2.05, 4.69) is 21.8 Å². The third-order valence-corrected chi connectivity index (χ3v) is 7.41. The number of hydrogen-bond acceptors (Lipinski definition) is 6. The van der Waals surface area contributed by atoms with Crippen molar-refractivity contribution in [3.63, 3.8) is 0 Å². The topological polar surface area (TPSA) is 88.5 Å². The summed E-state index contributed by atoms with van der Waals surface area (Å²) in [7, 11) is 0. The van der Waals surface area contributed by atoms with Crippen LogP contribution in [0, 0.1) is 11.8 Å². The van der Waals surface area contributed by atoms with Crippen LogP contribution in [0.3, 0.4) is 0 Å². The van der Waals surface area contributed by atoms with E-state index in [9.17, 15) is 4.79 Å². The summed E-state index contributed by atoms with van der Waals surface area (Å²) in [5.74, 6) is 0.276. The number of nitrogens with two attached hydrogens (primary N) is 1. The van der Waals surface area contributed by atoms with Gasteiger partial charge in [0.1, 0.15) is 11.2 Å². The number of oxazole rings is 1. The summed E-state index contributed by atoms with van der Waals surface area (Å²) in [6, 6.07) is 3.74. The van der Waals surface area contributed by atoms with Crippen molar-refractivity contribution in [2.24, 2.45) is 11.8 Å². The van der Waals surface area contributed by atoms with Gasteiger partial charge in [-0.05, 0) is 48.9 Å². The summed E-state index contributed by atoms with van der Waals surface area (Å²) >= 11 is 12.7. The molecular weight excluding hydrogens is 449 g/mol. The molecule has 1 amide bonds. The van der Waals surface area contributed by atoms with Crippen LogP contribution in [-0.2, 0) is 11.2 Å². The van der Waals surface area contributed by atoms with Crippen LogP contribution in [0.5, 0.6) is 0 Å². The molecule has 0 aliphatic carbocycles. The molecule has 9 heteroatoms. The largest absolute Gasteiger partial charge is 0.421 e. The molecule has 2 N–H and O–H groups in total. The molecule has 0 spiro atoms. The van der Waals surface area contributed by atoms with Crippen LogP contribution in [0.25, 0.3) is 11.1 Å². The Morgan fingerprint density at radius 1 is 1.22 bits per heavy atom. The number of carbonyl (C=O) groups excluding carboxylic acids is 1. The third-order valence-electron chi connectivity index (χ3n) is 6.88. The predicted molar refractivity (Wildman–Crippen MR) is 126 cm³/mol. The van der Waals surface area contributed by atoms with Crippen LogP contribution in [0.15, 0.2) is 28.9 Å². The average molecular weight is 474 g/mol. The molecule has 0 unspecified atom stereocenters. The number of anilines is 2. The number of pyridine rings is 1. The maximum Gasteiger partial charge on any atom is 0.293 e. The van der Waals surface area contributed by atoms with Gasteiger partial charge in [-0.15, -0.1) is 0 Å². The number of carbonyl (C=O) groups is 1. The van der Waals surface area contributed by atoms with Crippen LogP contribution in [0.1, 0.15) is 37.4 Å². The molecule has 3 atom stereocenters. The molecule has 0 bridgehead atoms. The van der Waals surface area contributed by atoms with Gasteiger partial charge in [0.15, 0.2) is 5.58 Å². The van der Waals surface area contributed by atoms with Crippen LogP contribution in [-0.4, -0.2) is 40.4 Å². The lowest BCUT2D eigenvalue weighted by molar-refractivity contribution is -0.140. The zero-order chi connectivity index (χ0) is 22.6. The van der Waals surface area contributed by atoms with Crippen molar-refractivity contribution in [3.8, 4) is 0 Å². The van der Waals surface area contributed by atoms with Gasteiger partial charge in [-0.2, -0.15) is 4.98 Å². The van der Waals surface area contributed by atoms with Gasteiger partial charge >= 0.3 is 0 Å². The highest BCUT2D eigenvalue weighted by atomic mass is 35.5. The second kappa shape index (κ2) is 8.12. The fourth-order valence-electron chi connectivity index (χ4n) is 5.11. The van der Waals surface area contributed by atoms with Crippen LogP contribution < -0.4 is 10.6 Å². The Morgan fingerprint density at radius 3 is 2.84 bits per heavy atom. The van der Waals surface area contributed by atoms with E-state index < -0.39 is 0 Å². The lowest BCUT2D eigenvalue weighted by Crippen LogP contribution is -2.50. The number of nitrogen functional groups attached to an aromatic ring is 1. The highest BCUT2D eigenvalue weighted by molar-refractivity contribution is 6.35. The third kappa shape index (κ3) is 3.57. The fraction of sp³-hybridized carbons (Fsp3) is 0.435. The Kier molecular flexibility index (Phi) is 5.42. The SMILES string of the molecule is C[C@@H]1CCN(c2cncc3nc(N)oc23)C[C@@H]1C(=O)N1CCc2cc(Cl)cc(Cl)c2[C@@H]1C. The number of hydrogen-bond donors (Lipinski definition) is 1. The summed E-state index contributed by atoms with van der Waals surface area (Å²) < 4.78 is 5.63. The van der Waals surface area contributed by atoms with E-state index in [4.69, 9.17) is 33.4 Å². The van der Waals surface area contributed by atoms with Crippen LogP contribution >= 0.6 is 23.2 Å². The van der Waals surface area contributed by atoms with E-state index in [1.807, 2.05) is 17.9 Å². The summed E-state index contributed by atoms with van der Waals surface area (Å²) in [5.41, 5.74) is 9.94. The monoisotopic (exact) mass is 473 g/mol. The molecule has 0 saturated carbocycles. The van der Waals surface area contributed by atoms with E-state index >= 15 is 0 Å². The smallest absolute Gasteiger partial charge is 0.293 e. The molecule has 2 aliphatic rings. The average Bonchev–Trinajstić information content (AvgIpc) is 3.13. The van der Waals surface area contributed by atoms with Crippen molar-refractivity contribution in [2.45, 2.75) is 32.7 Å². The minimum absolute atomic E-state index is 0.0993. The maximum absolute atomic E-state index is 13.8. The first-order valence-corrected chi connectivity index (χ1v) is 11.6. The number of fused-ring (bicyclic) bond motifs is 2. The molecular formula is C23H25Cl2N5O2. The molecule has 1 fully saturated rings. The van der Waals surface area contributed by atoms with E-state index in [0.717, 1.165) is 36.2 Å². The normalized spacial score (nSPS) is 23.4. The zero-order valence-corrected chi connectivity index (χ0v) is 19.5. The first-order chi connectivity index (χ1) is 15.3. The van der Waals surface area contributed by atoms with Gasteiger partial charge in [0.2, 0.25) is 5.91 Å². The fourth-order valence-corrected chi connectivity index (χ4v) is 5.80. The second-order valence-electron chi connectivity index (χ2n) is 8.80. The highest BCUT2D eigenvalue weighted by Gasteiger charge is 2.39. The minimum atomic E-state index is -0.144. The molecule has 4 heterocycles.